The molecule has 2 N–H and O–H groups in total. The highest BCUT2D eigenvalue weighted by Gasteiger charge is 2.30. The molecule has 0 aliphatic carbocycles. The highest BCUT2D eigenvalue weighted by atomic mass is 31.2. The van der Waals surface area contributed by atoms with Crippen LogP contribution in [0.15, 0.2) is 95.8 Å². The first-order chi connectivity index (χ1) is 15.4. The van der Waals surface area contributed by atoms with Crippen LogP contribution < -0.4 is 26.6 Å². The number of anilines is 1. The summed E-state index contributed by atoms with van der Waals surface area (Å²) >= 11 is 0. The third kappa shape index (κ3) is 3.90. The van der Waals surface area contributed by atoms with Gasteiger partial charge in [0.1, 0.15) is 5.69 Å². The summed E-state index contributed by atoms with van der Waals surface area (Å²) in [4.78, 5) is 26.1. The molecule has 0 saturated heterocycles. The quantitative estimate of drug-likeness (QED) is 0.460. The zero-order chi connectivity index (χ0) is 22.7. The summed E-state index contributed by atoms with van der Waals surface area (Å²) in [7, 11) is -1.75. The van der Waals surface area contributed by atoms with E-state index in [-0.39, 0.29) is 11.2 Å². The number of para-hydroxylation sites is 1. The van der Waals surface area contributed by atoms with Gasteiger partial charge in [-0.3, -0.25) is 19.1 Å². The van der Waals surface area contributed by atoms with E-state index >= 15 is 0 Å². The topological polar surface area (TPSA) is 85.1 Å². The number of urea groups is 1. The van der Waals surface area contributed by atoms with E-state index in [1.807, 2.05) is 42.5 Å². The molecule has 162 valence electrons. The second-order valence-corrected chi connectivity index (χ2v) is 9.76. The minimum absolute atomic E-state index is 0.126. The molecule has 0 atom stereocenters. The highest BCUT2D eigenvalue weighted by molar-refractivity contribution is 7.77. The van der Waals surface area contributed by atoms with E-state index in [4.69, 9.17) is 0 Å². The van der Waals surface area contributed by atoms with Crippen LogP contribution >= 0.6 is 7.29 Å². The van der Waals surface area contributed by atoms with Crippen LogP contribution in [0.1, 0.15) is 5.69 Å². The van der Waals surface area contributed by atoms with E-state index in [0.717, 1.165) is 0 Å². The molecule has 0 unspecified atom stereocenters. The number of nitrogens with one attached hydrogen (secondary N) is 2. The van der Waals surface area contributed by atoms with Crippen LogP contribution in [0.5, 0.6) is 0 Å². The maximum absolute atomic E-state index is 14.0. The highest BCUT2D eigenvalue weighted by Crippen LogP contribution is 2.38. The predicted octanol–water partition coefficient (Wildman–Crippen LogP) is 3.54. The van der Waals surface area contributed by atoms with Crippen molar-refractivity contribution in [2.75, 3.05) is 5.32 Å². The van der Waals surface area contributed by atoms with Crippen molar-refractivity contribution >= 4 is 29.6 Å². The Morgan fingerprint density at radius 1 is 0.812 bits per heavy atom. The van der Waals surface area contributed by atoms with Gasteiger partial charge in [0.2, 0.25) is 7.29 Å². The third-order valence-corrected chi connectivity index (χ3v) is 7.86. The van der Waals surface area contributed by atoms with Gasteiger partial charge >= 0.3 is 6.03 Å². The Morgan fingerprint density at radius 2 is 1.28 bits per heavy atom. The van der Waals surface area contributed by atoms with Gasteiger partial charge in [-0.15, -0.1) is 0 Å². The summed E-state index contributed by atoms with van der Waals surface area (Å²) < 4.78 is 17.2. The van der Waals surface area contributed by atoms with E-state index in [1.165, 1.54) is 4.68 Å². The van der Waals surface area contributed by atoms with E-state index in [2.05, 4.69) is 10.4 Å². The molecule has 0 saturated carbocycles. The van der Waals surface area contributed by atoms with Crippen molar-refractivity contribution in [3.8, 4) is 5.69 Å². The summed E-state index contributed by atoms with van der Waals surface area (Å²) in [5.74, 6) is 0. The van der Waals surface area contributed by atoms with Gasteiger partial charge in [-0.05, 0) is 43.3 Å². The summed E-state index contributed by atoms with van der Waals surface area (Å²) in [6.07, 6.45) is 0. The molecule has 0 fully saturated rings. The molecule has 0 aliphatic rings. The van der Waals surface area contributed by atoms with Crippen LogP contribution in [0.3, 0.4) is 0 Å². The SMILES string of the molecule is Cc1c(NC(=O)NP(=O)(c2ccccc2)c2ccccc2)c(=O)n(-c2ccccc2)n1C. The summed E-state index contributed by atoms with van der Waals surface area (Å²) in [6.45, 7) is 1.74. The number of amides is 2. The van der Waals surface area contributed by atoms with Crippen molar-refractivity contribution in [1.82, 2.24) is 14.5 Å². The molecule has 4 rings (SSSR count). The molecular formula is C24H23N4O3P. The summed E-state index contributed by atoms with van der Waals surface area (Å²) in [5, 5.41) is 6.26. The average Bonchev–Trinajstić information content (AvgIpc) is 3.03. The lowest BCUT2D eigenvalue weighted by Gasteiger charge is -2.20. The van der Waals surface area contributed by atoms with Gasteiger partial charge in [-0.2, -0.15) is 0 Å². The van der Waals surface area contributed by atoms with Gasteiger partial charge in [0.05, 0.1) is 11.4 Å². The Labute approximate surface area is 185 Å². The van der Waals surface area contributed by atoms with Crippen molar-refractivity contribution in [2.45, 2.75) is 6.92 Å². The fourth-order valence-electron chi connectivity index (χ4n) is 3.55. The minimum Gasteiger partial charge on any atom is -0.301 e. The number of aromatic nitrogens is 2. The standard InChI is InChI=1S/C24H23N4O3P/c1-18-22(23(29)28(27(18)2)19-12-6-3-7-13-19)25-24(30)26-32(31,20-14-8-4-9-15-20)21-16-10-5-11-17-21/h3-17H,1-2H3,(H2,25,26,30,31). The third-order valence-electron chi connectivity index (χ3n) is 5.29. The number of hydrogen-bond acceptors (Lipinski definition) is 3. The van der Waals surface area contributed by atoms with E-state index in [1.54, 1.807) is 67.2 Å². The number of hydrogen-bond donors (Lipinski definition) is 2. The molecule has 1 heterocycles. The van der Waals surface area contributed by atoms with Crippen LogP contribution in [-0.4, -0.2) is 15.4 Å². The van der Waals surface area contributed by atoms with Crippen molar-refractivity contribution < 1.29 is 9.36 Å². The minimum atomic E-state index is -3.49. The monoisotopic (exact) mass is 446 g/mol. The summed E-state index contributed by atoms with van der Waals surface area (Å²) in [5.41, 5.74) is 1.00. The van der Waals surface area contributed by atoms with Crippen molar-refractivity contribution in [1.29, 1.82) is 0 Å². The lowest BCUT2D eigenvalue weighted by Crippen LogP contribution is -2.36. The predicted molar refractivity (Wildman–Crippen MR) is 128 cm³/mol. The molecular weight excluding hydrogens is 423 g/mol. The van der Waals surface area contributed by atoms with Crippen molar-refractivity contribution in [2.24, 2.45) is 7.05 Å². The molecule has 0 bridgehead atoms. The summed E-state index contributed by atoms with van der Waals surface area (Å²) in [6, 6.07) is 26.0. The van der Waals surface area contributed by atoms with Gasteiger partial charge < -0.3 is 5.32 Å². The second kappa shape index (κ2) is 8.73. The molecule has 3 aromatic carbocycles. The van der Waals surface area contributed by atoms with Gasteiger partial charge in [-0.25, -0.2) is 9.48 Å². The number of nitrogens with zero attached hydrogens (tertiary/aromatic N) is 2. The van der Waals surface area contributed by atoms with Crippen molar-refractivity contribution in [3.63, 3.8) is 0 Å². The largest absolute Gasteiger partial charge is 0.325 e. The number of carbonyl (C=O) groups excluding carboxylic acids is 1. The first-order valence-corrected chi connectivity index (χ1v) is 11.8. The molecule has 8 heteroatoms. The smallest absolute Gasteiger partial charge is 0.301 e. The Bertz CT molecular complexity index is 1300. The van der Waals surface area contributed by atoms with Crippen molar-refractivity contribution in [3.05, 3.63) is 107 Å². The van der Waals surface area contributed by atoms with Crippen LogP contribution in [0.4, 0.5) is 10.5 Å². The number of rotatable bonds is 5. The van der Waals surface area contributed by atoms with E-state index in [9.17, 15) is 14.2 Å². The number of carbonyl (C=O) groups is 1. The van der Waals surface area contributed by atoms with Gasteiger partial charge in [-0.1, -0.05) is 54.6 Å². The maximum atomic E-state index is 14.0. The van der Waals surface area contributed by atoms with Gasteiger partial charge in [0.15, 0.2) is 0 Å². The fraction of sp³-hybridized carbons (Fsp3) is 0.0833. The Kier molecular flexibility index (Phi) is 5.84. The molecule has 0 radical (unpaired) electrons. The van der Waals surface area contributed by atoms with Crippen LogP contribution in [0.2, 0.25) is 0 Å². The fourth-order valence-corrected chi connectivity index (χ4v) is 5.63. The Balaban J connectivity index is 1.69. The second-order valence-electron chi connectivity index (χ2n) is 7.28. The molecule has 4 aromatic rings. The van der Waals surface area contributed by atoms with Gasteiger partial charge in [0.25, 0.3) is 5.56 Å². The Hall–Kier alpha value is -3.83. The van der Waals surface area contributed by atoms with E-state index in [0.29, 0.717) is 22.0 Å². The number of benzene rings is 3. The average molecular weight is 446 g/mol. The molecule has 7 nitrogen and oxygen atoms in total. The van der Waals surface area contributed by atoms with Crippen LogP contribution in [0.25, 0.3) is 5.69 Å². The first-order valence-electron chi connectivity index (χ1n) is 10.1. The maximum Gasteiger partial charge on any atom is 0.325 e. The van der Waals surface area contributed by atoms with Gasteiger partial charge in [0, 0.05) is 17.7 Å². The lowest BCUT2D eigenvalue weighted by molar-refractivity contribution is 0.256. The zero-order valence-corrected chi connectivity index (χ0v) is 18.6. The molecule has 2 amide bonds. The molecule has 0 aliphatic heterocycles. The normalized spacial score (nSPS) is 11.2. The van der Waals surface area contributed by atoms with Crippen LogP contribution in [-0.2, 0) is 11.6 Å². The van der Waals surface area contributed by atoms with Crippen LogP contribution in [0, 0.1) is 6.92 Å². The first kappa shape index (κ1) is 21.4. The zero-order valence-electron chi connectivity index (χ0n) is 17.7. The lowest BCUT2D eigenvalue weighted by atomic mass is 10.3. The molecule has 1 aromatic heterocycles. The van der Waals surface area contributed by atoms with E-state index < -0.39 is 13.3 Å². The molecule has 0 spiro atoms. The molecule has 32 heavy (non-hydrogen) atoms. The Morgan fingerprint density at radius 3 is 1.78 bits per heavy atom.